The molecule has 0 bridgehead atoms. The van der Waals surface area contributed by atoms with Crippen molar-refractivity contribution in [3.63, 3.8) is 0 Å². The summed E-state index contributed by atoms with van der Waals surface area (Å²) in [4.78, 5) is 24.0. The first kappa shape index (κ1) is 20.7. The Balaban J connectivity index is 1.94. The first-order chi connectivity index (χ1) is 14.0. The van der Waals surface area contributed by atoms with Crippen LogP contribution in [0.25, 0.3) is 17.2 Å². The highest BCUT2D eigenvalue weighted by atomic mass is 32.2. The molecule has 2 aliphatic rings. The van der Waals surface area contributed by atoms with Crippen LogP contribution in [0.15, 0.2) is 35.2 Å². The highest BCUT2D eigenvalue weighted by Gasteiger charge is 2.37. The van der Waals surface area contributed by atoms with Crippen LogP contribution < -0.4 is 5.32 Å². The molecule has 30 heavy (non-hydrogen) atoms. The van der Waals surface area contributed by atoms with Crippen molar-refractivity contribution in [3.05, 3.63) is 57.5 Å². The van der Waals surface area contributed by atoms with Gasteiger partial charge in [0.2, 0.25) is 0 Å². The third kappa shape index (κ3) is 3.45. The minimum Gasteiger partial charge on any atom is -0.507 e. The van der Waals surface area contributed by atoms with E-state index >= 15 is 0 Å². The smallest absolute Gasteiger partial charge is 0.290 e. The van der Waals surface area contributed by atoms with Crippen LogP contribution in [0.2, 0.25) is 0 Å². The number of hydrogen-bond acceptors (Lipinski definition) is 4. The zero-order valence-electron chi connectivity index (χ0n) is 18.1. The second-order valence-corrected chi connectivity index (χ2v) is 10.6. The minimum absolute atomic E-state index is 0.0456. The molecule has 1 fully saturated rings. The van der Waals surface area contributed by atoms with Gasteiger partial charge in [0.05, 0.1) is 4.91 Å². The lowest BCUT2D eigenvalue weighted by atomic mass is 9.62. The van der Waals surface area contributed by atoms with E-state index in [0.717, 1.165) is 41.3 Å². The van der Waals surface area contributed by atoms with Gasteiger partial charge in [-0.15, -0.1) is 0 Å². The Labute approximate surface area is 181 Å². The summed E-state index contributed by atoms with van der Waals surface area (Å²) in [7, 11) is 0. The van der Waals surface area contributed by atoms with Crippen LogP contribution in [-0.2, 0) is 15.6 Å². The summed E-state index contributed by atoms with van der Waals surface area (Å²) in [6.45, 7) is 11.2. The van der Waals surface area contributed by atoms with E-state index in [1.807, 2.05) is 6.07 Å². The van der Waals surface area contributed by atoms with E-state index in [1.54, 1.807) is 18.2 Å². The van der Waals surface area contributed by atoms with E-state index < -0.39 is 5.91 Å². The number of carbonyl (C=O) groups excluding carboxylic acids is 2. The van der Waals surface area contributed by atoms with Crippen LogP contribution in [0.4, 0.5) is 4.79 Å². The fourth-order valence-electron chi connectivity index (χ4n) is 4.52. The van der Waals surface area contributed by atoms with Crippen molar-refractivity contribution < 1.29 is 14.7 Å². The van der Waals surface area contributed by atoms with E-state index in [0.29, 0.717) is 10.5 Å². The molecule has 0 atom stereocenters. The van der Waals surface area contributed by atoms with Gasteiger partial charge in [-0.3, -0.25) is 14.9 Å². The second kappa shape index (κ2) is 7.02. The lowest BCUT2D eigenvalue weighted by Crippen LogP contribution is -2.34. The molecule has 2 N–H and O–H groups in total. The summed E-state index contributed by atoms with van der Waals surface area (Å²) in [6, 6.07) is 9.77. The number of thioether (sulfide) groups is 1. The van der Waals surface area contributed by atoms with Crippen molar-refractivity contribution in [3.8, 4) is 16.9 Å². The van der Waals surface area contributed by atoms with Crippen LogP contribution in [0.5, 0.6) is 5.75 Å². The summed E-state index contributed by atoms with van der Waals surface area (Å²) in [5.41, 5.74) is 6.28. The third-order valence-corrected chi connectivity index (χ3v) is 7.28. The molecule has 0 unspecified atom stereocenters. The summed E-state index contributed by atoms with van der Waals surface area (Å²) in [6.07, 6.45) is 3.93. The molecule has 2 aromatic carbocycles. The number of phenols is 1. The molecule has 1 aliphatic heterocycles. The van der Waals surface area contributed by atoms with Crippen molar-refractivity contribution in [2.75, 3.05) is 0 Å². The van der Waals surface area contributed by atoms with Crippen LogP contribution in [0.1, 0.15) is 62.8 Å². The van der Waals surface area contributed by atoms with Gasteiger partial charge in [0.25, 0.3) is 11.1 Å². The molecule has 156 valence electrons. The standard InChI is InChI=1S/C25H27NO3S/c1-14-11-17-18(25(4,5)10-9-24(17,2)3)13-16(14)21-15(7-6-8-19(21)27)12-20-22(28)26-23(29)30-20/h6-8,11-13,27H,9-10H2,1-5H3,(H,26,28,29)/b20-12-. The maximum atomic E-state index is 12.1. The van der Waals surface area contributed by atoms with Gasteiger partial charge in [0.1, 0.15) is 5.75 Å². The summed E-state index contributed by atoms with van der Waals surface area (Å²) < 4.78 is 0. The number of rotatable bonds is 2. The van der Waals surface area contributed by atoms with E-state index in [-0.39, 0.29) is 21.8 Å². The molecule has 0 aromatic heterocycles. The highest BCUT2D eigenvalue weighted by molar-refractivity contribution is 8.18. The van der Waals surface area contributed by atoms with Crippen molar-refractivity contribution in [2.45, 2.75) is 58.3 Å². The number of carbonyl (C=O) groups is 2. The first-order valence-corrected chi connectivity index (χ1v) is 11.0. The van der Waals surface area contributed by atoms with Gasteiger partial charge >= 0.3 is 0 Å². The topological polar surface area (TPSA) is 66.4 Å². The number of hydrogen-bond donors (Lipinski definition) is 2. The van der Waals surface area contributed by atoms with Gasteiger partial charge in [-0.05, 0) is 88.4 Å². The third-order valence-electron chi connectivity index (χ3n) is 6.47. The lowest BCUT2D eigenvalue weighted by molar-refractivity contribution is -0.115. The number of fused-ring (bicyclic) bond motifs is 1. The normalized spacial score (nSPS) is 20.9. The number of nitrogens with one attached hydrogen (secondary N) is 1. The van der Waals surface area contributed by atoms with Gasteiger partial charge in [0, 0.05) is 5.56 Å². The van der Waals surface area contributed by atoms with Crippen LogP contribution in [-0.4, -0.2) is 16.3 Å². The molecule has 1 saturated heterocycles. The van der Waals surface area contributed by atoms with E-state index in [1.165, 1.54) is 11.1 Å². The molecular weight excluding hydrogens is 394 g/mol. The number of amides is 2. The van der Waals surface area contributed by atoms with Gasteiger partial charge < -0.3 is 5.11 Å². The molecule has 4 nitrogen and oxygen atoms in total. The Kier molecular flexibility index (Phi) is 4.85. The largest absolute Gasteiger partial charge is 0.507 e. The number of aryl methyl sites for hydroxylation is 1. The van der Waals surface area contributed by atoms with E-state index in [9.17, 15) is 14.7 Å². The average molecular weight is 422 g/mol. The summed E-state index contributed by atoms with van der Waals surface area (Å²) in [5.74, 6) is -0.237. The van der Waals surface area contributed by atoms with Crippen LogP contribution in [0.3, 0.4) is 0 Å². The van der Waals surface area contributed by atoms with Crippen molar-refractivity contribution >= 4 is 29.0 Å². The maximum Gasteiger partial charge on any atom is 0.290 e. The molecule has 0 spiro atoms. The quantitative estimate of drug-likeness (QED) is 0.580. The first-order valence-electron chi connectivity index (χ1n) is 10.2. The molecule has 5 heteroatoms. The van der Waals surface area contributed by atoms with Gasteiger partial charge in [-0.25, -0.2) is 0 Å². The SMILES string of the molecule is Cc1cc2c(cc1-c1c(O)cccc1/C=C1\SC(=O)NC1=O)C(C)(C)CCC2(C)C. The Morgan fingerprint density at radius 3 is 2.27 bits per heavy atom. The zero-order chi connectivity index (χ0) is 21.8. The number of aromatic hydroxyl groups is 1. The Bertz CT molecular complexity index is 1110. The van der Waals surface area contributed by atoms with Gasteiger partial charge in [-0.1, -0.05) is 45.9 Å². The minimum atomic E-state index is -0.399. The molecule has 1 heterocycles. The molecular formula is C25H27NO3S. The van der Waals surface area contributed by atoms with Crippen molar-refractivity contribution in [2.24, 2.45) is 0 Å². The average Bonchev–Trinajstić information content (AvgIpc) is 2.97. The number of benzene rings is 2. The highest BCUT2D eigenvalue weighted by Crippen LogP contribution is 2.49. The van der Waals surface area contributed by atoms with E-state index in [2.05, 4.69) is 52.1 Å². The van der Waals surface area contributed by atoms with E-state index in [4.69, 9.17) is 0 Å². The number of phenolic OH excluding ortho intramolecular Hbond substituents is 1. The molecule has 0 radical (unpaired) electrons. The summed E-state index contributed by atoms with van der Waals surface area (Å²) in [5, 5.41) is 12.7. The van der Waals surface area contributed by atoms with Gasteiger partial charge in [0.15, 0.2) is 0 Å². The maximum absolute atomic E-state index is 12.1. The Hall–Kier alpha value is -2.53. The molecule has 4 rings (SSSR count). The van der Waals surface area contributed by atoms with Crippen LogP contribution in [0, 0.1) is 6.92 Å². The Morgan fingerprint density at radius 2 is 1.67 bits per heavy atom. The fourth-order valence-corrected chi connectivity index (χ4v) is 5.20. The van der Waals surface area contributed by atoms with Crippen molar-refractivity contribution in [1.82, 2.24) is 5.32 Å². The molecule has 2 aromatic rings. The summed E-state index contributed by atoms with van der Waals surface area (Å²) >= 11 is 0.885. The fraction of sp³-hybridized carbons (Fsp3) is 0.360. The molecule has 1 aliphatic carbocycles. The van der Waals surface area contributed by atoms with Crippen LogP contribution >= 0.6 is 11.8 Å². The Morgan fingerprint density at radius 1 is 1.03 bits per heavy atom. The predicted octanol–water partition coefficient (Wildman–Crippen LogP) is 6.04. The zero-order valence-corrected chi connectivity index (χ0v) is 18.9. The van der Waals surface area contributed by atoms with Gasteiger partial charge in [-0.2, -0.15) is 0 Å². The lowest BCUT2D eigenvalue weighted by Gasteiger charge is -2.42. The number of imide groups is 1. The predicted molar refractivity (Wildman–Crippen MR) is 123 cm³/mol. The molecule has 0 saturated carbocycles. The monoisotopic (exact) mass is 421 g/mol. The second-order valence-electron chi connectivity index (χ2n) is 9.57. The van der Waals surface area contributed by atoms with Crippen molar-refractivity contribution in [1.29, 1.82) is 0 Å². The molecule has 2 amide bonds.